The molecule has 5 nitrogen and oxygen atoms in total. The van der Waals surface area contributed by atoms with Crippen LogP contribution in [0.25, 0.3) is 0 Å². The van der Waals surface area contributed by atoms with Crippen molar-refractivity contribution in [2.24, 2.45) is 10.6 Å². The first-order valence-corrected chi connectivity index (χ1v) is 6.26. The van der Waals surface area contributed by atoms with Gasteiger partial charge in [-0.2, -0.15) is 0 Å². The van der Waals surface area contributed by atoms with E-state index in [-0.39, 0.29) is 17.2 Å². The number of carbonyl (C=O) groups is 3. The zero-order chi connectivity index (χ0) is 15.9. The van der Waals surface area contributed by atoms with E-state index in [1.54, 1.807) is 0 Å². The van der Waals surface area contributed by atoms with Gasteiger partial charge in [-0.15, -0.1) is 12.8 Å². The van der Waals surface area contributed by atoms with Gasteiger partial charge in [-0.1, -0.05) is 20.8 Å². The Morgan fingerprint density at radius 3 is 1.63 bits per heavy atom. The van der Waals surface area contributed by atoms with E-state index in [1.165, 1.54) is 17.1 Å². The van der Waals surface area contributed by atoms with Crippen LogP contribution in [-0.2, 0) is 14.4 Å². The summed E-state index contributed by atoms with van der Waals surface area (Å²) in [6, 6.07) is 0. The van der Waals surface area contributed by atoms with Crippen molar-refractivity contribution in [2.75, 3.05) is 0 Å². The minimum Gasteiger partial charge on any atom is -0.307 e. The molecule has 6 heteroatoms. The van der Waals surface area contributed by atoms with E-state index >= 15 is 0 Å². The molecule has 1 heterocycles. The highest BCUT2D eigenvalue weighted by atomic mass is 32.1. The summed E-state index contributed by atoms with van der Waals surface area (Å²) in [6.07, 6.45) is 3.47. The van der Waals surface area contributed by atoms with E-state index in [9.17, 15) is 9.59 Å². The molecule has 2 N–H and O–H groups in total. The van der Waals surface area contributed by atoms with Crippen LogP contribution in [0.5, 0.6) is 0 Å². The molecule has 0 aromatic carbocycles. The van der Waals surface area contributed by atoms with Gasteiger partial charge in [-0.05, 0) is 25.7 Å². The third kappa shape index (κ3) is 6.54. The summed E-state index contributed by atoms with van der Waals surface area (Å²) in [4.78, 5) is 32.4. The molecule has 0 bridgehead atoms. The maximum absolute atomic E-state index is 11.5. The fourth-order valence-corrected chi connectivity index (χ4v) is 2.37. The average Bonchev–Trinajstić information content (AvgIpc) is 2.61. The van der Waals surface area contributed by atoms with E-state index in [1.807, 2.05) is 20.6 Å². The summed E-state index contributed by atoms with van der Waals surface area (Å²) in [6.45, 7) is 12.2. The molecule has 0 aliphatic carbocycles. The first-order chi connectivity index (χ1) is 8.63. The van der Waals surface area contributed by atoms with E-state index < -0.39 is 5.54 Å². The van der Waals surface area contributed by atoms with Crippen molar-refractivity contribution >= 4 is 31.4 Å². The highest BCUT2D eigenvalue weighted by molar-refractivity contribution is 7.77. The Bertz CT molecular complexity index is 328. The maximum Gasteiger partial charge on any atom is 0.254 e. The lowest BCUT2D eigenvalue weighted by atomic mass is 9.81. The van der Waals surface area contributed by atoms with Gasteiger partial charge < -0.3 is 4.79 Å². The zero-order valence-corrected chi connectivity index (χ0v) is 13.2. The van der Waals surface area contributed by atoms with Crippen molar-refractivity contribution in [3.05, 3.63) is 12.2 Å². The van der Waals surface area contributed by atoms with Crippen molar-refractivity contribution in [1.82, 2.24) is 4.90 Å². The molecule has 1 rings (SSSR count). The maximum atomic E-state index is 11.5. The van der Waals surface area contributed by atoms with Gasteiger partial charge in [0.1, 0.15) is 6.79 Å². The molecule has 0 unspecified atom stereocenters. The van der Waals surface area contributed by atoms with Gasteiger partial charge >= 0.3 is 0 Å². The number of hydrogen-bond donors (Lipinski definition) is 2. The minimum atomic E-state index is -0.421. The molecule has 0 atom stereocenters. The van der Waals surface area contributed by atoms with Gasteiger partial charge in [0.15, 0.2) is 0 Å². The van der Waals surface area contributed by atoms with Crippen LogP contribution >= 0.6 is 12.8 Å². The van der Waals surface area contributed by atoms with Crippen LogP contribution in [0.4, 0.5) is 0 Å². The van der Waals surface area contributed by atoms with E-state index in [4.69, 9.17) is 4.79 Å². The van der Waals surface area contributed by atoms with Gasteiger partial charge in [0, 0.05) is 17.7 Å². The van der Waals surface area contributed by atoms with Gasteiger partial charge in [0.2, 0.25) is 0 Å². The molecule has 0 aromatic rings. The highest BCUT2D eigenvalue weighted by Crippen LogP contribution is 2.32. The van der Waals surface area contributed by atoms with Crippen molar-refractivity contribution in [1.29, 1.82) is 0 Å². The predicted molar refractivity (Wildman–Crippen MR) is 79.4 cm³/mol. The molecule has 1 aliphatic rings. The molecule has 19 heavy (non-hydrogen) atoms. The van der Waals surface area contributed by atoms with E-state index in [0.717, 1.165) is 6.42 Å². The number of rotatable bonds is 2. The standard InChI is InChI=1S/C12H19NO2.CH2O.H3NS/c1-11(2,3)8-12(4,5)13-9(14)6-7-10(13)15;2*1-2/h6-7H,8H2,1-5H3;1H2;2H,1H2. The second kappa shape index (κ2) is 8.12. The fourth-order valence-electron chi connectivity index (χ4n) is 2.37. The number of carbonyl (C=O) groups excluding carboxylic acids is 3. The highest BCUT2D eigenvalue weighted by Gasteiger charge is 2.39. The van der Waals surface area contributed by atoms with Gasteiger partial charge in [0.05, 0.1) is 0 Å². The molecule has 0 radical (unpaired) electrons. The molecular formula is C13H24N2O3S. The smallest absolute Gasteiger partial charge is 0.254 e. The molecule has 110 valence electrons. The molecule has 0 fully saturated rings. The molecule has 1 aliphatic heterocycles. The lowest BCUT2D eigenvalue weighted by molar-refractivity contribution is -0.143. The van der Waals surface area contributed by atoms with Crippen LogP contribution in [0, 0.1) is 5.41 Å². The summed E-state index contributed by atoms with van der Waals surface area (Å²) in [5, 5.41) is 4.19. The van der Waals surface area contributed by atoms with Gasteiger partial charge in [-0.25, -0.2) is 0 Å². The summed E-state index contributed by atoms with van der Waals surface area (Å²) >= 11 is 3.03. The summed E-state index contributed by atoms with van der Waals surface area (Å²) in [5.74, 6) is -0.400. The Hall–Kier alpha value is -1.14. The Morgan fingerprint density at radius 2 is 1.37 bits per heavy atom. The molecular weight excluding hydrogens is 264 g/mol. The monoisotopic (exact) mass is 288 g/mol. The number of nitrogens with zero attached hydrogens (tertiary/aromatic N) is 1. The Morgan fingerprint density at radius 1 is 1.05 bits per heavy atom. The molecule has 2 amide bonds. The Balaban J connectivity index is 0. The summed E-state index contributed by atoms with van der Waals surface area (Å²) in [7, 11) is 0. The first kappa shape index (κ1) is 20.2. The number of nitrogens with two attached hydrogens (primary N) is 1. The average molecular weight is 288 g/mol. The van der Waals surface area contributed by atoms with Crippen molar-refractivity contribution in [2.45, 2.75) is 46.6 Å². The first-order valence-electron chi connectivity index (χ1n) is 5.74. The second-order valence-electron chi connectivity index (χ2n) is 5.90. The second-order valence-corrected chi connectivity index (χ2v) is 5.90. The SMILES string of the molecule is C=O.CC(C)(C)CC(C)(C)N1C(=O)C=CC1=O.NS. The largest absolute Gasteiger partial charge is 0.307 e. The van der Waals surface area contributed by atoms with Crippen LogP contribution in [0.2, 0.25) is 0 Å². The Labute approximate surface area is 120 Å². The number of imide groups is 1. The van der Waals surface area contributed by atoms with E-state index in [2.05, 4.69) is 38.7 Å². The lowest BCUT2D eigenvalue weighted by Gasteiger charge is -2.38. The number of hydrogen-bond acceptors (Lipinski definition) is 5. The lowest BCUT2D eigenvalue weighted by Crippen LogP contribution is -2.49. The number of thiol groups is 1. The molecule has 0 aromatic heterocycles. The van der Waals surface area contributed by atoms with Crippen molar-refractivity contribution < 1.29 is 14.4 Å². The van der Waals surface area contributed by atoms with Crippen LogP contribution < -0.4 is 5.14 Å². The fraction of sp³-hybridized carbons (Fsp3) is 0.615. The van der Waals surface area contributed by atoms with Crippen LogP contribution in [-0.4, -0.2) is 29.0 Å². The van der Waals surface area contributed by atoms with Crippen molar-refractivity contribution in [3.8, 4) is 0 Å². The van der Waals surface area contributed by atoms with Gasteiger partial charge in [-0.3, -0.25) is 19.6 Å². The quantitative estimate of drug-likeness (QED) is 0.599. The third-order valence-electron chi connectivity index (χ3n) is 2.38. The zero-order valence-electron chi connectivity index (χ0n) is 12.3. The molecule has 0 saturated heterocycles. The van der Waals surface area contributed by atoms with Gasteiger partial charge in [0.25, 0.3) is 11.8 Å². The van der Waals surface area contributed by atoms with Crippen molar-refractivity contribution in [3.63, 3.8) is 0 Å². The Kier molecular flexibility index (Phi) is 8.62. The predicted octanol–water partition coefficient (Wildman–Crippen LogP) is 1.73. The molecule has 0 spiro atoms. The normalized spacial score (nSPS) is 14.6. The van der Waals surface area contributed by atoms with Crippen LogP contribution in [0.1, 0.15) is 41.0 Å². The minimum absolute atomic E-state index is 0.0899. The third-order valence-corrected chi connectivity index (χ3v) is 2.38. The molecule has 0 saturated carbocycles. The van der Waals surface area contributed by atoms with Crippen LogP contribution in [0.15, 0.2) is 12.2 Å². The van der Waals surface area contributed by atoms with Crippen LogP contribution in [0.3, 0.4) is 0 Å². The number of amides is 2. The van der Waals surface area contributed by atoms with E-state index in [0.29, 0.717) is 0 Å². The summed E-state index contributed by atoms with van der Waals surface area (Å²) < 4.78 is 0. The summed E-state index contributed by atoms with van der Waals surface area (Å²) in [5.41, 5.74) is -0.331. The topological polar surface area (TPSA) is 80.5 Å².